The molecule has 0 spiro atoms. The van der Waals surface area contributed by atoms with Gasteiger partial charge in [0.05, 0.1) is 11.4 Å². The van der Waals surface area contributed by atoms with Crippen LogP contribution in [0.1, 0.15) is 29.4 Å². The van der Waals surface area contributed by atoms with Gasteiger partial charge in [0.15, 0.2) is 5.65 Å². The molecule has 34 heavy (non-hydrogen) atoms. The van der Waals surface area contributed by atoms with E-state index in [2.05, 4.69) is 0 Å². The standard InChI is InChI=1S/C28H23N3O3/c1-19(32)34-28-25(17-21-10-6-3-7-11-21)30-27-24(16-20-8-4-2-5-9-20)29-26(18-31(27)28)22-12-14-23(33)15-13-22/h2-15,18,33H,16-17H2,1H3. The van der Waals surface area contributed by atoms with Crippen LogP contribution in [0.25, 0.3) is 16.9 Å². The normalized spacial score (nSPS) is 11.0. The molecule has 3 aromatic carbocycles. The van der Waals surface area contributed by atoms with Gasteiger partial charge in [-0.1, -0.05) is 60.7 Å². The summed E-state index contributed by atoms with van der Waals surface area (Å²) in [5.74, 6) is 0.162. The minimum Gasteiger partial charge on any atom is -0.508 e. The topological polar surface area (TPSA) is 76.7 Å². The molecule has 0 fully saturated rings. The maximum absolute atomic E-state index is 12.0. The Balaban J connectivity index is 1.71. The minimum atomic E-state index is -0.413. The van der Waals surface area contributed by atoms with E-state index in [0.29, 0.717) is 35.8 Å². The predicted molar refractivity (Wildman–Crippen MR) is 130 cm³/mol. The van der Waals surface area contributed by atoms with Crippen molar-refractivity contribution < 1.29 is 14.6 Å². The van der Waals surface area contributed by atoms with Crippen LogP contribution in [0.2, 0.25) is 0 Å². The third-order valence-electron chi connectivity index (χ3n) is 5.53. The van der Waals surface area contributed by atoms with Gasteiger partial charge >= 0.3 is 5.97 Å². The number of esters is 1. The first-order chi connectivity index (χ1) is 16.6. The van der Waals surface area contributed by atoms with E-state index in [0.717, 1.165) is 22.4 Å². The number of benzene rings is 3. The van der Waals surface area contributed by atoms with Crippen LogP contribution in [-0.2, 0) is 17.6 Å². The third kappa shape index (κ3) is 4.52. The van der Waals surface area contributed by atoms with Gasteiger partial charge in [-0.15, -0.1) is 0 Å². The van der Waals surface area contributed by atoms with Crippen molar-refractivity contribution in [1.29, 1.82) is 0 Å². The molecule has 6 nitrogen and oxygen atoms in total. The first-order valence-corrected chi connectivity index (χ1v) is 11.0. The fourth-order valence-corrected chi connectivity index (χ4v) is 3.96. The van der Waals surface area contributed by atoms with Crippen molar-refractivity contribution in [3.05, 3.63) is 114 Å². The number of nitrogens with zero attached hydrogens (tertiary/aromatic N) is 3. The van der Waals surface area contributed by atoms with E-state index >= 15 is 0 Å². The third-order valence-corrected chi connectivity index (χ3v) is 5.53. The zero-order valence-electron chi connectivity index (χ0n) is 18.7. The highest BCUT2D eigenvalue weighted by Gasteiger charge is 2.21. The lowest BCUT2D eigenvalue weighted by atomic mass is 10.1. The molecule has 0 bridgehead atoms. The molecular weight excluding hydrogens is 426 g/mol. The van der Waals surface area contributed by atoms with Crippen LogP contribution < -0.4 is 4.74 Å². The Labute approximate surface area is 197 Å². The smallest absolute Gasteiger partial charge is 0.309 e. The second-order valence-electron chi connectivity index (χ2n) is 8.10. The average Bonchev–Trinajstić information content (AvgIpc) is 3.17. The molecule has 0 radical (unpaired) electrons. The van der Waals surface area contributed by atoms with Crippen molar-refractivity contribution in [1.82, 2.24) is 14.4 Å². The molecule has 0 aliphatic carbocycles. The molecule has 0 aliphatic rings. The summed E-state index contributed by atoms with van der Waals surface area (Å²) in [4.78, 5) is 21.8. The Morgan fingerprint density at radius 3 is 2.00 bits per heavy atom. The molecule has 5 aromatic rings. The number of phenols is 1. The van der Waals surface area contributed by atoms with Crippen LogP contribution in [0.5, 0.6) is 11.6 Å². The van der Waals surface area contributed by atoms with Crippen molar-refractivity contribution >= 4 is 11.6 Å². The summed E-state index contributed by atoms with van der Waals surface area (Å²) in [5.41, 5.74) is 5.77. The molecule has 168 valence electrons. The van der Waals surface area contributed by atoms with Gasteiger partial charge in [-0.3, -0.25) is 9.20 Å². The Bertz CT molecular complexity index is 1440. The molecule has 0 unspecified atom stereocenters. The number of rotatable bonds is 6. The highest BCUT2D eigenvalue weighted by Crippen LogP contribution is 2.30. The predicted octanol–water partition coefficient (Wildman–Crippen LogP) is 5.21. The van der Waals surface area contributed by atoms with Crippen LogP contribution in [0, 0.1) is 0 Å². The van der Waals surface area contributed by atoms with E-state index in [-0.39, 0.29) is 5.75 Å². The van der Waals surface area contributed by atoms with E-state index in [1.165, 1.54) is 6.92 Å². The quantitative estimate of drug-likeness (QED) is 0.360. The highest BCUT2D eigenvalue weighted by molar-refractivity contribution is 5.71. The van der Waals surface area contributed by atoms with Crippen molar-refractivity contribution in [2.24, 2.45) is 0 Å². The largest absolute Gasteiger partial charge is 0.508 e. The molecule has 2 heterocycles. The van der Waals surface area contributed by atoms with E-state index < -0.39 is 5.97 Å². The number of fused-ring (bicyclic) bond motifs is 1. The van der Waals surface area contributed by atoms with Crippen LogP contribution in [0.15, 0.2) is 91.1 Å². The molecule has 0 saturated carbocycles. The summed E-state index contributed by atoms with van der Waals surface area (Å²) >= 11 is 0. The average molecular weight is 450 g/mol. The lowest BCUT2D eigenvalue weighted by Gasteiger charge is -2.10. The Hall–Kier alpha value is -4.45. The second-order valence-corrected chi connectivity index (χ2v) is 8.10. The Morgan fingerprint density at radius 2 is 1.41 bits per heavy atom. The zero-order chi connectivity index (χ0) is 23.5. The summed E-state index contributed by atoms with van der Waals surface area (Å²) in [7, 11) is 0. The van der Waals surface area contributed by atoms with E-state index in [4.69, 9.17) is 14.7 Å². The first kappa shape index (κ1) is 21.4. The number of phenolic OH excluding ortho intramolecular Hbond substituents is 1. The van der Waals surface area contributed by atoms with Gasteiger partial charge in [-0.05, 0) is 35.4 Å². The van der Waals surface area contributed by atoms with Gasteiger partial charge in [0.1, 0.15) is 11.4 Å². The van der Waals surface area contributed by atoms with Crippen molar-refractivity contribution in [2.45, 2.75) is 19.8 Å². The van der Waals surface area contributed by atoms with Gasteiger partial charge in [-0.25, -0.2) is 9.97 Å². The number of carbonyl (C=O) groups excluding carboxylic acids is 1. The number of aromatic nitrogens is 3. The Morgan fingerprint density at radius 1 is 0.824 bits per heavy atom. The zero-order valence-corrected chi connectivity index (χ0v) is 18.7. The van der Waals surface area contributed by atoms with Crippen molar-refractivity contribution in [2.75, 3.05) is 0 Å². The molecule has 0 aliphatic heterocycles. The fourth-order valence-electron chi connectivity index (χ4n) is 3.96. The van der Waals surface area contributed by atoms with Gasteiger partial charge in [-0.2, -0.15) is 0 Å². The van der Waals surface area contributed by atoms with Crippen LogP contribution >= 0.6 is 0 Å². The molecule has 6 heteroatoms. The number of ether oxygens (including phenoxy) is 1. The second kappa shape index (κ2) is 9.19. The molecule has 5 rings (SSSR count). The number of hydrogen-bond donors (Lipinski definition) is 1. The lowest BCUT2D eigenvalue weighted by Crippen LogP contribution is -2.07. The van der Waals surface area contributed by atoms with Gasteiger partial charge in [0.25, 0.3) is 0 Å². The number of aromatic hydroxyl groups is 1. The monoisotopic (exact) mass is 449 g/mol. The fraction of sp³-hybridized carbons (Fsp3) is 0.107. The Kier molecular flexibility index (Phi) is 5.79. The number of hydrogen-bond acceptors (Lipinski definition) is 5. The van der Waals surface area contributed by atoms with Crippen molar-refractivity contribution in [3.63, 3.8) is 0 Å². The number of imidazole rings is 1. The molecule has 1 N–H and O–H groups in total. The summed E-state index contributed by atoms with van der Waals surface area (Å²) in [5, 5.41) is 9.72. The first-order valence-electron chi connectivity index (χ1n) is 11.0. The molecule has 0 atom stereocenters. The van der Waals surface area contributed by atoms with Gasteiger partial charge in [0.2, 0.25) is 5.88 Å². The van der Waals surface area contributed by atoms with E-state index in [1.807, 2.05) is 83.4 Å². The SMILES string of the molecule is CC(=O)Oc1c(Cc2ccccc2)nc2c(Cc3ccccc3)nc(-c3ccc(O)cc3)cn12. The minimum absolute atomic E-state index is 0.183. The highest BCUT2D eigenvalue weighted by atomic mass is 16.5. The van der Waals surface area contributed by atoms with Gasteiger partial charge in [0, 0.05) is 31.5 Å². The van der Waals surface area contributed by atoms with Crippen molar-refractivity contribution in [3.8, 4) is 22.9 Å². The molecular formula is C28H23N3O3. The maximum atomic E-state index is 12.0. The summed E-state index contributed by atoms with van der Waals surface area (Å²) in [6.07, 6.45) is 2.91. The van der Waals surface area contributed by atoms with Crippen LogP contribution in [-0.4, -0.2) is 25.4 Å². The van der Waals surface area contributed by atoms with Gasteiger partial charge < -0.3 is 9.84 Å². The summed E-state index contributed by atoms with van der Waals surface area (Å²) in [6.45, 7) is 1.39. The lowest BCUT2D eigenvalue weighted by molar-refractivity contribution is -0.132. The molecule has 0 saturated heterocycles. The molecule has 0 amide bonds. The van der Waals surface area contributed by atoms with E-state index in [9.17, 15) is 9.90 Å². The van der Waals surface area contributed by atoms with E-state index in [1.54, 1.807) is 12.1 Å². The summed E-state index contributed by atoms with van der Waals surface area (Å²) in [6, 6.07) is 26.9. The molecule has 2 aromatic heterocycles. The maximum Gasteiger partial charge on any atom is 0.309 e. The van der Waals surface area contributed by atoms with Crippen LogP contribution in [0.4, 0.5) is 0 Å². The summed E-state index contributed by atoms with van der Waals surface area (Å²) < 4.78 is 7.49. The van der Waals surface area contributed by atoms with Crippen LogP contribution in [0.3, 0.4) is 0 Å². The number of carbonyl (C=O) groups is 1.